The van der Waals surface area contributed by atoms with Crippen molar-refractivity contribution < 1.29 is 4.39 Å². The van der Waals surface area contributed by atoms with Gasteiger partial charge in [0.15, 0.2) is 5.82 Å². The van der Waals surface area contributed by atoms with Gasteiger partial charge >= 0.3 is 0 Å². The molecule has 0 radical (unpaired) electrons. The standard InChI is InChI=1S/C12H10ClFN4S/c1-6(2)10-15-16-12-18(10)17-11(19-12)7-3-4-9(14)8(13)5-7/h3-6H,1-2H3. The first-order valence-electron chi connectivity index (χ1n) is 5.74. The molecule has 0 spiro atoms. The molecule has 0 amide bonds. The van der Waals surface area contributed by atoms with Gasteiger partial charge in [-0.1, -0.05) is 36.8 Å². The van der Waals surface area contributed by atoms with Crippen LogP contribution in [0.5, 0.6) is 0 Å². The van der Waals surface area contributed by atoms with E-state index in [9.17, 15) is 4.39 Å². The lowest BCUT2D eigenvalue weighted by Crippen LogP contribution is -1.97. The second-order valence-corrected chi connectivity index (χ2v) is 5.81. The highest BCUT2D eigenvalue weighted by Gasteiger charge is 2.15. The monoisotopic (exact) mass is 296 g/mol. The highest BCUT2D eigenvalue weighted by atomic mass is 35.5. The molecule has 0 atom stereocenters. The number of aromatic nitrogens is 4. The van der Waals surface area contributed by atoms with E-state index in [0.29, 0.717) is 0 Å². The molecule has 7 heteroatoms. The van der Waals surface area contributed by atoms with Crippen molar-refractivity contribution in [2.45, 2.75) is 19.8 Å². The largest absolute Gasteiger partial charge is 0.234 e. The fourth-order valence-corrected chi connectivity index (χ4v) is 2.76. The molecule has 0 bridgehead atoms. The summed E-state index contributed by atoms with van der Waals surface area (Å²) >= 11 is 7.19. The molecule has 4 nitrogen and oxygen atoms in total. The van der Waals surface area contributed by atoms with Gasteiger partial charge in [-0.2, -0.15) is 9.61 Å². The summed E-state index contributed by atoms with van der Waals surface area (Å²) in [5.74, 6) is 0.615. The topological polar surface area (TPSA) is 43.1 Å². The van der Waals surface area contributed by atoms with Gasteiger partial charge < -0.3 is 0 Å². The molecule has 0 aliphatic rings. The Morgan fingerprint density at radius 3 is 2.79 bits per heavy atom. The first-order valence-corrected chi connectivity index (χ1v) is 6.93. The molecule has 3 rings (SSSR count). The predicted molar refractivity (Wildman–Crippen MR) is 73.2 cm³/mol. The zero-order valence-electron chi connectivity index (χ0n) is 10.3. The van der Waals surface area contributed by atoms with E-state index in [1.165, 1.54) is 17.4 Å². The molecule has 2 aromatic heterocycles. The van der Waals surface area contributed by atoms with Crippen LogP contribution in [0.4, 0.5) is 4.39 Å². The minimum absolute atomic E-state index is 0.0903. The van der Waals surface area contributed by atoms with E-state index >= 15 is 0 Å². The molecular formula is C12H10ClFN4S. The minimum Gasteiger partial charge on any atom is -0.205 e. The van der Waals surface area contributed by atoms with Crippen LogP contribution < -0.4 is 0 Å². The van der Waals surface area contributed by atoms with Crippen molar-refractivity contribution >= 4 is 27.9 Å². The molecule has 19 heavy (non-hydrogen) atoms. The van der Waals surface area contributed by atoms with E-state index in [2.05, 4.69) is 15.3 Å². The van der Waals surface area contributed by atoms with Gasteiger partial charge in [-0.3, -0.25) is 0 Å². The molecule has 0 saturated heterocycles. The van der Waals surface area contributed by atoms with Crippen LogP contribution in [0.3, 0.4) is 0 Å². The third-order valence-electron chi connectivity index (χ3n) is 2.70. The number of halogens is 2. The number of nitrogens with zero attached hydrogens (tertiary/aromatic N) is 4. The molecule has 0 aliphatic heterocycles. The van der Waals surface area contributed by atoms with Gasteiger partial charge in [0.25, 0.3) is 0 Å². The predicted octanol–water partition coefficient (Wildman–Crippen LogP) is 3.77. The molecule has 0 saturated carbocycles. The highest BCUT2D eigenvalue weighted by molar-refractivity contribution is 7.19. The second kappa shape index (κ2) is 4.54. The smallest absolute Gasteiger partial charge is 0.205 e. The Hall–Kier alpha value is -1.53. The maximum atomic E-state index is 13.2. The van der Waals surface area contributed by atoms with Crippen LogP contribution in [-0.4, -0.2) is 19.8 Å². The maximum Gasteiger partial charge on any atom is 0.234 e. The number of rotatable bonds is 2. The summed E-state index contributed by atoms with van der Waals surface area (Å²) in [6, 6.07) is 4.56. The van der Waals surface area contributed by atoms with Crippen molar-refractivity contribution in [3.63, 3.8) is 0 Å². The summed E-state index contributed by atoms with van der Waals surface area (Å²) < 4.78 is 14.9. The van der Waals surface area contributed by atoms with Crippen LogP contribution in [0.15, 0.2) is 18.2 Å². The van der Waals surface area contributed by atoms with Gasteiger partial charge in [-0.25, -0.2) is 4.39 Å². The van der Waals surface area contributed by atoms with Crippen molar-refractivity contribution in [2.75, 3.05) is 0 Å². The van der Waals surface area contributed by atoms with Crippen LogP contribution in [0, 0.1) is 5.82 Å². The Kier molecular flexibility index (Phi) is 2.99. The van der Waals surface area contributed by atoms with Crippen molar-refractivity contribution in [2.24, 2.45) is 0 Å². The fourth-order valence-electron chi connectivity index (χ4n) is 1.74. The van der Waals surface area contributed by atoms with Crippen molar-refractivity contribution in [3.05, 3.63) is 34.9 Å². The van der Waals surface area contributed by atoms with E-state index in [1.807, 2.05) is 13.8 Å². The Morgan fingerprint density at radius 2 is 2.11 bits per heavy atom. The first-order chi connectivity index (χ1) is 9.06. The molecule has 1 aromatic carbocycles. The van der Waals surface area contributed by atoms with E-state index in [1.54, 1.807) is 16.6 Å². The number of hydrogen-bond acceptors (Lipinski definition) is 4. The third-order valence-corrected chi connectivity index (χ3v) is 3.94. The Labute approximate surface area is 117 Å². The second-order valence-electron chi connectivity index (χ2n) is 4.44. The molecule has 3 aromatic rings. The van der Waals surface area contributed by atoms with E-state index in [4.69, 9.17) is 11.6 Å². The summed E-state index contributed by atoms with van der Waals surface area (Å²) in [5.41, 5.74) is 0.775. The van der Waals surface area contributed by atoms with E-state index in [-0.39, 0.29) is 10.9 Å². The molecule has 2 heterocycles. The summed E-state index contributed by atoms with van der Waals surface area (Å²) in [6.07, 6.45) is 0. The average Bonchev–Trinajstić information content (AvgIpc) is 2.91. The molecule has 98 valence electrons. The summed E-state index contributed by atoms with van der Waals surface area (Å²) in [7, 11) is 0. The van der Waals surface area contributed by atoms with Gasteiger partial charge in [0.05, 0.1) is 5.02 Å². The van der Waals surface area contributed by atoms with Crippen LogP contribution in [0.25, 0.3) is 15.5 Å². The molecular weight excluding hydrogens is 287 g/mol. The minimum atomic E-state index is -0.434. The number of hydrogen-bond donors (Lipinski definition) is 0. The average molecular weight is 297 g/mol. The van der Waals surface area contributed by atoms with Gasteiger partial charge in [0, 0.05) is 11.5 Å². The van der Waals surface area contributed by atoms with Gasteiger partial charge in [-0.15, -0.1) is 10.2 Å². The highest BCUT2D eigenvalue weighted by Crippen LogP contribution is 2.29. The molecule has 0 N–H and O–H groups in total. The summed E-state index contributed by atoms with van der Waals surface area (Å²) in [6.45, 7) is 4.06. The van der Waals surface area contributed by atoms with E-state index in [0.717, 1.165) is 21.4 Å². The first kappa shape index (κ1) is 12.5. The van der Waals surface area contributed by atoms with Crippen molar-refractivity contribution in [1.82, 2.24) is 19.8 Å². The number of fused-ring (bicyclic) bond motifs is 1. The Morgan fingerprint density at radius 1 is 1.32 bits per heavy atom. The van der Waals surface area contributed by atoms with Crippen LogP contribution in [0.1, 0.15) is 25.6 Å². The lowest BCUT2D eigenvalue weighted by molar-refractivity contribution is 0.628. The number of benzene rings is 1. The zero-order valence-corrected chi connectivity index (χ0v) is 11.8. The summed E-state index contributed by atoms with van der Waals surface area (Å²) in [4.78, 5) is 0.721. The lowest BCUT2D eigenvalue weighted by Gasteiger charge is -1.99. The lowest BCUT2D eigenvalue weighted by atomic mass is 10.2. The van der Waals surface area contributed by atoms with Crippen LogP contribution >= 0.6 is 22.9 Å². The Bertz CT molecular complexity index is 749. The Balaban J connectivity index is 2.12. The summed E-state index contributed by atoms with van der Waals surface area (Å²) in [5, 5.41) is 13.5. The van der Waals surface area contributed by atoms with Crippen molar-refractivity contribution in [3.8, 4) is 10.6 Å². The fraction of sp³-hybridized carbons (Fsp3) is 0.250. The SMILES string of the molecule is CC(C)c1nnc2sc(-c3ccc(F)c(Cl)c3)nn12. The van der Waals surface area contributed by atoms with Crippen molar-refractivity contribution in [1.29, 1.82) is 0 Å². The maximum absolute atomic E-state index is 13.2. The third kappa shape index (κ3) is 2.11. The van der Waals surface area contributed by atoms with Crippen LogP contribution in [-0.2, 0) is 0 Å². The van der Waals surface area contributed by atoms with E-state index < -0.39 is 5.82 Å². The molecule has 0 aliphatic carbocycles. The molecule has 0 fully saturated rings. The molecule has 0 unspecified atom stereocenters. The quantitative estimate of drug-likeness (QED) is 0.723. The zero-order chi connectivity index (χ0) is 13.6. The normalized spacial score (nSPS) is 11.6. The van der Waals surface area contributed by atoms with Crippen LogP contribution in [0.2, 0.25) is 5.02 Å². The van der Waals surface area contributed by atoms with Gasteiger partial charge in [0.1, 0.15) is 10.8 Å². The van der Waals surface area contributed by atoms with Gasteiger partial charge in [0.2, 0.25) is 4.96 Å². The van der Waals surface area contributed by atoms with Gasteiger partial charge in [-0.05, 0) is 18.2 Å².